The molecule has 0 aliphatic heterocycles. The predicted octanol–water partition coefficient (Wildman–Crippen LogP) is 3.13. The first-order chi connectivity index (χ1) is 11.7. The summed E-state index contributed by atoms with van der Waals surface area (Å²) in [6.45, 7) is 0. The van der Waals surface area contributed by atoms with Gasteiger partial charge in [-0.25, -0.2) is 4.98 Å². The van der Waals surface area contributed by atoms with Gasteiger partial charge in [-0.1, -0.05) is 0 Å². The molecule has 0 atom stereocenters. The van der Waals surface area contributed by atoms with Crippen molar-refractivity contribution in [3.05, 3.63) is 54.0 Å². The lowest BCUT2D eigenvalue weighted by molar-refractivity contribution is 1.29. The van der Waals surface area contributed by atoms with E-state index in [0.717, 1.165) is 39.4 Å². The van der Waals surface area contributed by atoms with Crippen LogP contribution in [0.25, 0.3) is 16.6 Å². The van der Waals surface area contributed by atoms with Crippen molar-refractivity contribution < 1.29 is 0 Å². The highest BCUT2D eigenvalue weighted by molar-refractivity contribution is 7.79. The molecule has 0 amide bonds. The van der Waals surface area contributed by atoms with E-state index in [1.54, 1.807) is 19.5 Å². The highest BCUT2D eigenvalue weighted by atomic mass is 32.1. The van der Waals surface area contributed by atoms with Crippen molar-refractivity contribution in [1.29, 1.82) is 0 Å². The number of nitrogens with two attached hydrogens (primary N) is 1. The number of thiol groups is 1. The van der Waals surface area contributed by atoms with Gasteiger partial charge in [0.1, 0.15) is 11.6 Å². The van der Waals surface area contributed by atoms with Gasteiger partial charge in [0.25, 0.3) is 0 Å². The molecule has 0 unspecified atom stereocenters. The first-order valence-electron chi connectivity index (χ1n) is 7.40. The zero-order valence-electron chi connectivity index (χ0n) is 13.2. The van der Waals surface area contributed by atoms with Crippen LogP contribution in [0.15, 0.2) is 47.9 Å². The normalized spacial score (nSPS) is 12.2. The van der Waals surface area contributed by atoms with E-state index < -0.39 is 0 Å². The number of nitrogens with zero attached hydrogens (tertiary/aromatic N) is 3. The lowest BCUT2D eigenvalue weighted by atomic mass is 10.1. The molecule has 0 fully saturated rings. The highest BCUT2D eigenvalue weighted by Gasteiger charge is 2.05. The average molecular weight is 338 g/mol. The minimum absolute atomic E-state index is 0.684. The monoisotopic (exact) mass is 338 g/mol. The molecule has 4 N–H and O–H groups in total. The summed E-state index contributed by atoms with van der Waals surface area (Å²) in [7, 11) is 1.70. The SMILES string of the molecule is CN=CC(=CN)c1cnc2ccc(Nc3cc(CS)c[nH]3)nc2c1. The Morgan fingerprint density at radius 3 is 2.96 bits per heavy atom. The summed E-state index contributed by atoms with van der Waals surface area (Å²) in [5, 5.41) is 3.24. The number of nitrogens with one attached hydrogen (secondary N) is 2. The Kier molecular flexibility index (Phi) is 4.81. The van der Waals surface area contributed by atoms with Crippen molar-refractivity contribution >= 4 is 47.1 Å². The molecule has 3 aromatic heterocycles. The van der Waals surface area contributed by atoms with Crippen molar-refractivity contribution in [1.82, 2.24) is 15.0 Å². The van der Waals surface area contributed by atoms with Gasteiger partial charge in [-0.05, 0) is 29.8 Å². The van der Waals surface area contributed by atoms with Crippen molar-refractivity contribution in [2.24, 2.45) is 10.7 Å². The number of H-pyrrole nitrogens is 1. The molecule has 0 aromatic carbocycles. The first kappa shape index (κ1) is 16.1. The average Bonchev–Trinajstić information content (AvgIpc) is 3.06. The maximum absolute atomic E-state index is 5.66. The van der Waals surface area contributed by atoms with Crippen LogP contribution in [-0.2, 0) is 5.75 Å². The quantitative estimate of drug-likeness (QED) is 0.425. The Morgan fingerprint density at radius 2 is 2.25 bits per heavy atom. The number of aliphatic imine (C=N–C) groups is 1. The lowest BCUT2D eigenvalue weighted by Gasteiger charge is -2.06. The number of hydrogen-bond acceptors (Lipinski definition) is 6. The summed E-state index contributed by atoms with van der Waals surface area (Å²) in [6.07, 6.45) is 6.89. The minimum Gasteiger partial charge on any atom is -0.404 e. The molecule has 3 heterocycles. The fraction of sp³-hybridized carbons (Fsp3) is 0.118. The van der Waals surface area contributed by atoms with E-state index in [1.807, 2.05) is 30.5 Å². The molecular weight excluding hydrogens is 320 g/mol. The largest absolute Gasteiger partial charge is 0.404 e. The molecule has 24 heavy (non-hydrogen) atoms. The van der Waals surface area contributed by atoms with Crippen LogP contribution in [0.3, 0.4) is 0 Å². The first-order valence-corrected chi connectivity index (χ1v) is 8.03. The van der Waals surface area contributed by atoms with Gasteiger partial charge in [0, 0.05) is 48.7 Å². The van der Waals surface area contributed by atoms with E-state index in [1.165, 1.54) is 6.20 Å². The number of aromatic nitrogens is 3. The Morgan fingerprint density at radius 1 is 1.38 bits per heavy atom. The molecule has 0 saturated heterocycles. The summed E-state index contributed by atoms with van der Waals surface area (Å²) in [6, 6.07) is 7.77. The molecule has 0 bridgehead atoms. The highest BCUT2D eigenvalue weighted by Crippen LogP contribution is 2.21. The summed E-state index contributed by atoms with van der Waals surface area (Å²) in [5.74, 6) is 2.29. The van der Waals surface area contributed by atoms with Crippen LogP contribution < -0.4 is 11.1 Å². The van der Waals surface area contributed by atoms with Gasteiger partial charge in [0.2, 0.25) is 0 Å². The standard InChI is InChI=1S/C17H18N6S/c1-19-8-13(6-18)12-5-15-14(20-9-12)2-3-16(22-15)23-17-4-11(10-24)7-21-17/h2-9,21,24H,10,18H2,1H3,(H,22,23). The minimum atomic E-state index is 0.684. The summed E-state index contributed by atoms with van der Waals surface area (Å²) in [5.41, 5.74) is 10.0. The fourth-order valence-electron chi connectivity index (χ4n) is 2.33. The van der Waals surface area contributed by atoms with Gasteiger partial charge in [-0.15, -0.1) is 0 Å². The predicted molar refractivity (Wildman–Crippen MR) is 103 cm³/mol. The summed E-state index contributed by atoms with van der Waals surface area (Å²) < 4.78 is 0. The van der Waals surface area contributed by atoms with Crippen molar-refractivity contribution in [2.75, 3.05) is 12.4 Å². The number of hydrogen-bond donors (Lipinski definition) is 4. The Balaban J connectivity index is 1.93. The molecule has 0 saturated carbocycles. The van der Waals surface area contributed by atoms with E-state index in [4.69, 9.17) is 5.73 Å². The Labute approximate surface area is 145 Å². The van der Waals surface area contributed by atoms with Gasteiger partial charge in [-0.3, -0.25) is 9.98 Å². The van der Waals surface area contributed by atoms with Crippen LogP contribution in [0.5, 0.6) is 0 Å². The van der Waals surface area contributed by atoms with Gasteiger partial charge < -0.3 is 16.0 Å². The van der Waals surface area contributed by atoms with Crippen molar-refractivity contribution in [3.8, 4) is 0 Å². The number of allylic oxidation sites excluding steroid dienone is 1. The molecule has 0 spiro atoms. The van der Waals surface area contributed by atoms with Crippen LogP contribution in [0.4, 0.5) is 11.6 Å². The second kappa shape index (κ2) is 7.18. The Hall–Kier alpha value is -2.80. The van der Waals surface area contributed by atoms with E-state index in [2.05, 4.69) is 37.9 Å². The smallest absolute Gasteiger partial charge is 0.132 e. The third-order valence-electron chi connectivity index (χ3n) is 3.51. The molecule has 0 aliphatic carbocycles. The van der Waals surface area contributed by atoms with E-state index in [9.17, 15) is 0 Å². The molecule has 7 heteroatoms. The third-order valence-corrected chi connectivity index (χ3v) is 3.87. The van der Waals surface area contributed by atoms with Crippen LogP contribution in [0.1, 0.15) is 11.1 Å². The summed E-state index contributed by atoms with van der Waals surface area (Å²) in [4.78, 5) is 16.2. The number of pyridine rings is 2. The molecule has 3 aromatic rings. The van der Waals surface area contributed by atoms with Gasteiger partial charge >= 0.3 is 0 Å². The Bertz CT molecular complexity index is 912. The summed E-state index contributed by atoms with van der Waals surface area (Å²) >= 11 is 4.26. The number of aromatic amines is 1. The molecule has 0 radical (unpaired) electrons. The van der Waals surface area contributed by atoms with Crippen LogP contribution in [0, 0.1) is 0 Å². The van der Waals surface area contributed by atoms with Crippen LogP contribution in [0.2, 0.25) is 0 Å². The van der Waals surface area contributed by atoms with E-state index >= 15 is 0 Å². The number of fused-ring (bicyclic) bond motifs is 1. The number of anilines is 2. The maximum Gasteiger partial charge on any atom is 0.132 e. The van der Waals surface area contributed by atoms with Crippen LogP contribution in [-0.4, -0.2) is 28.2 Å². The molecule has 3 rings (SSSR count). The van der Waals surface area contributed by atoms with Gasteiger partial charge in [-0.2, -0.15) is 12.6 Å². The third kappa shape index (κ3) is 3.41. The second-order valence-electron chi connectivity index (χ2n) is 5.17. The molecule has 122 valence electrons. The molecular formula is C17H18N6S. The van der Waals surface area contributed by atoms with Gasteiger partial charge in [0.15, 0.2) is 0 Å². The number of rotatable bonds is 5. The van der Waals surface area contributed by atoms with Crippen molar-refractivity contribution in [3.63, 3.8) is 0 Å². The van der Waals surface area contributed by atoms with E-state index in [-0.39, 0.29) is 0 Å². The van der Waals surface area contributed by atoms with Crippen LogP contribution >= 0.6 is 12.6 Å². The fourth-order valence-corrected chi connectivity index (χ4v) is 2.51. The maximum atomic E-state index is 5.66. The lowest BCUT2D eigenvalue weighted by Crippen LogP contribution is -1.97. The topological polar surface area (TPSA) is 92.0 Å². The molecule has 0 aliphatic rings. The zero-order valence-corrected chi connectivity index (χ0v) is 14.1. The van der Waals surface area contributed by atoms with Gasteiger partial charge in [0.05, 0.1) is 11.0 Å². The molecule has 6 nitrogen and oxygen atoms in total. The zero-order chi connectivity index (χ0) is 16.9. The second-order valence-corrected chi connectivity index (χ2v) is 5.49. The van der Waals surface area contributed by atoms with E-state index in [0.29, 0.717) is 5.75 Å². The van der Waals surface area contributed by atoms with Crippen molar-refractivity contribution in [2.45, 2.75) is 5.75 Å².